The Hall–Kier alpha value is -3.16. The molecule has 0 saturated carbocycles. The third-order valence-electron chi connectivity index (χ3n) is 5.55. The number of hydrogen-bond donors (Lipinski definition) is 0. The Balaban J connectivity index is 2.11. The van der Waals surface area contributed by atoms with Crippen molar-refractivity contribution in [2.45, 2.75) is 5.54 Å². The summed E-state index contributed by atoms with van der Waals surface area (Å²) in [4.78, 5) is 0. The molecule has 4 rings (SSSR count). The van der Waals surface area contributed by atoms with Crippen LogP contribution in [0.15, 0.2) is 134 Å². The molecule has 136 valence electrons. The van der Waals surface area contributed by atoms with E-state index in [2.05, 4.69) is 134 Å². The molecule has 0 aliphatic carbocycles. The van der Waals surface area contributed by atoms with Crippen LogP contribution in [0.1, 0.15) is 11.1 Å². The second-order valence-corrected chi connectivity index (χ2v) is 11.0. The van der Waals surface area contributed by atoms with Crippen molar-refractivity contribution in [3.63, 3.8) is 0 Å². The van der Waals surface area contributed by atoms with Gasteiger partial charge in [-0.2, -0.15) is 0 Å². The second-order valence-electron chi connectivity index (χ2n) is 7.03. The maximum absolute atomic E-state index is 4.31. The highest BCUT2D eigenvalue weighted by Gasteiger charge is 2.45. The first-order valence-electron chi connectivity index (χ1n) is 9.71. The van der Waals surface area contributed by atoms with Gasteiger partial charge in [-0.15, -0.1) is 6.58 Å². The monoisotopic (exact) mass is 376 g/mol. The molecule has 0 spiro atoms. The maximum atomic E-state index is 4.31. The van der Waals surface area contributed by atoms with Crippen LogP contribution in [-0.2, 0) is 0 Å². The zero-order chi connectivity index (χ0) is 19.2. The van der Waals surface area contributed by atoms with Gasteiger partial charge in [0.1, 0.15) is 0 Å². The first-order valence-corrected chi connectivity index (χ1v) is 11.8. The van der Waals surface area contributed by atoms with Crippen molar-refractivity contribution in [1.82, 2.24) is 0 Å². The topological polar surface area (TPSA) is 0 Å². The minimum Gasteiger partial charge on any atom is -0.103 e. The molecule has 0 unspecified atom stereocenters. The fraction of sp³-hybridized carbons (Fsp3) is 0.0370. The average molecular weight is 377 g/mol. The van der Waals surface area contributed by atoms with Crippen molar-refractivity contribution in [2.24, 2.45) is 0 Å². The Morgan fingerprint density at radius 1 is 0.500 bits per heavy atom. The van der Waals surface area contributed by atoms with Crippen LogP contribution in [0.3, 0.4) is 0 Å². The van der Waals surface area contributed by atoms with Crippen LogP contribution in [0.25, 0.3) is 0 Å². The maximum Gasteiger partial charge on any atom is 0.159 e. The lowest BCUT2D eigenvalue weighted by Gasteiger charge is -2.39. The number of hydrogen-bond acceptors (Lipinski definition) is 0. The Bertz CT molecular complexity index is 912. The lowest BCUT2D eigenvalue weighted by Crippen LogP contribution is -2.70. The molecule has 1 atom stereocenters. The van der Waals surface area contributed by atoms with E-state index in [4.69, 9.17) is 0 Å². The molecule has 0 N–H and O–H groups in total. The predicted molar refractivity (Wildman–Crippen MR) is 123 cm³/mol. The molecule has 0 aliphatic rings. The Labute approximate surface area is 168 Å². The second kappa shape index (κ2) is 8.24. The summed E-state index contributed by atoms with van der Waals surface area (Å²) in [5.74, 6) is 0. The van der Waals surface area contributed by atoms with Gasteiger partial charge in [0, 0.05) is 5.54 Å². The van der Waals surface area contributed by atoms with Crippen molar-refractivity contribution in [1.29, 1.82) is 0 Å². The summed E-state index contributed by atoms with van der Waals surface area (Å²) >= 11 is 0. The molecule has 0 saturated heterocycles. The highest BCUT2D eigenvalue weighted by atomic mass is 28.3. The van der Waals surface area contributed by atoms with Gasteiger partial charge in [-0.3, -0.25) is 0 Å². The predicted octanol–water partition coefficient (Wildman–Crippen LogP) is 4.67. The molecule has 0 bridgehead atoms. The summed E-state index contributed by atoms with van der Waals surface area (Å²) in [6.07, 6.45) is 2.16. The molecule has 0 heterocycles. The zero-order valence-corrected chi connectivity index (χ0v) is 16.9. The molecule has 0 aliphatic heterocycles. The molecular formula is C27H24Si. The van der Waals surface area contributed by atoms with Gasteiger partial charge in [0.15, 0.2) is 8.07 Å². The first-order chi connectivity index (χ1) is 13.9. The number of rotatable bonds is 6. The van der Waals surface area contributed by atoms with E-state index >= 15 is 0 Å². The van der Waals surface area contributed by atoms with Crippen LogP contribution in [0.5, 0.6) is 0 Å². The van der Waals surface area contributed by atoms with Crippen molar-refractivity contribution >= 4 is 23.6 Å². The van der Waals surface area contributed by atoms with E-state index in [9.17, 15) is 0 Å². The standard InChI is InChI=1S/C27H24Si/c1-2-27(23-15-7-3-8-16-23)28(24-17-9-4-10-18-24,25-19-11-5-12-20-25)26-21-13-6-14-22-26/h2-22,27H,1H2/t27-/m1/s1. The van der Waals surface area contributed by atoms with Crippen molar-refractivity contribution < 1.29 is 0 Å². The normalized spacial score (nSPS) is 12.3. The molecular weight excluding hydrogens is 352 g/mol. The summed E-state index contributed by atoms with van der Waals surface area (Å²) in [7, 11) is -2.41. The highest BCUT2D eigenvalue weighted by Crippen LogP contribution is 2.28. The summed E-state index contributed by atoms with van der Waals surface area (Å²) in [5.41, 5.74) is 1.54. The SMILES string of the molecule is C=C[C@H](c1ccccc1)[Si](c1ccccc1)(c1ccccc1)c1ccccc1. The lowest BCUT2D eigenvalue weighted by molar-refractivity contribution is 1.17. The summed E-state index contributed by atoms with van der Waals surface area (Å²) < 4.78 is 0. The van der Waals surface area contributed by atoms with Gasteiger partial charge < -0.3 is 0 Å². The minimum absolute atomic E-state index is 0.223. The fourth-order valence-electron chi connectivity index (χ4n) is 4.37. The molecule has 0 amide bonds. The zero-order valence-electron chi connectivity index (χ0n) is 15.9. The molecule has 4 aromatic rings. The van der Waals surface area contributed by atoms with Crippen molar-refractivity contribution in [3.05, 3.63) is 140 Å². The van der Waals surface area contributed by atoms with E-state index in [-0.39, 0.29) is 5.54 Å². The van der Waals surface area contributed by atoms with Gasteiger partial charge in [-0.25, -0.2) is 0 Å². The van der Waals surface area contributed by atoms with Gasteiger partial charge in [-0.05, 0) is 21.1 Å². The Kier molecular flexibility index (Phi) is 5.36. The molecule has 0 nitrogen and oxygen atoms in total. The van der Waals surface area contributed by atoms with Crippen LogP contribution in [-0.4, -0.2) is 8.07 Å². The van der Waals surface area contributed by atoms with E-state index in [1.165, 1.54) is 21.1 Å². The first kappa shape index (κ1) is 18.2. The molecule has 4 aromatic carbocycles. The van der Waals surface area contributed by atoms with Gasteiger partial charge in [0.2, 0.25) is 0 Å². The molecule has 0 aromatic heterocycles. The third kappa shape index (κ3) is 3.15. The van der Waals surface area contributed by atoms with Gasteiger partial charge in [0.25, 0.3) is 0 Å². The van der Waals surface area contributed by atoms with Crippen LogP contribution in [0.4, 0.5) is 0 Å². The molecule has 0 fully saturated rings. The summed E-state index contributed by atoms with van der Waals surface area (Å²) in [5, 5.41) is 4.21. The largest absolute Gasteiger partial charge is 0.159 e. The fourth-order valence-corrected chi connectivity index (χ4v) is 9.64. The number of allylic oxidation sites excluding steroid dienone is 1. The van der Waals surface area contributed by atoms with Crippen LogP contribution < -0.4 is 15.6 Å². The van der Waals surface area contributed by atoms with Gasteiger partial charge in [-0.1, -0.05) is 127 Å². The third-order valence-corrected chi connectivity index (χ3v) is 10.8. The van der Waals surface area contributed by atoms with Gasteiger partial charge >= 0.3 is 0 Å². The van der Waals surface area contributed by atoms with E-state index in [1.807, 2.05) is 0 Å². The Morgan fingerprint density at radius 3 is 1.14 bits per heavy atom. The van der Waals surface area contributed by atoms with Crippen LogP contribution >= 0.6 is 0 Å². The van der Waals surface area contributed by atoms with E-state index in [0.29, 0.717) is 0 Å². The summed E-state index contributed by atoms with van der Waals surface area (Å²) in [6.45, 7) is 4.31. The van der Waals surface area contributed by atoms with Crippen molar-refractivity contribution in [3.8, 4) is 0 Å². The minimum atomic E-state index is -2.41. The quantitative estimate of drug-likeness (QED) is 0.261. The molecule has 1 heteroatoms. The van der Waals surface area contributed by atoms with Gasteiger partial charge in [0.05, 0.1) is 0 Å². The van der Waals surface area contributed by atoms with Crippen LogP contribution in [0.2, 0.25) is 0 Å². The molecule has 0 radical (unpaired) electrons. The van der Waals surface area contributed by atoms with E-state index in [1.54, 1.807) is 0 Å². The highest BCUT2D eigenvalue weighted by molar-refractivity contribution is 7.12. The smallest absolute Gasteiger partial charge is 0.103 e. The van der Waals surface area contributed by atoms with E-state index < -0.39 is 8.07 Å². The van der Waals surface area contributed by atoms with E-state index in [0.717, 1.165) is 0 Å². The van der Waals surface area contributed by atoms with Crippen molar-refractivity contribution in [2.75, 3.05) is 0 Å². The Morgan fingerprint density at radius 2 is 0.821 bits per heavy atom. The number of benzene rings is 4. The lowest BCUT2D eigenvalue weighted by atomic mass is 10.1. The molecule has 28 heavy (non-hydrogen) atoms. The average Bonchev–Trinajstić information content (AvgIpc) is 2.80. The summed E-state index contributed by atoms with van der Waals surface area (Å²) in [6, 6.07) is 43.9. The van der Waals surface area contributed by atoms with Crippen LogP contribution in [0, 0.1) is 0 Å².